The Morgan fingerprint density at radius 2 is 1.73 bits per heavy atom. The third-order valence-corrected chi connectivity index (χ3v) is 5.90. The Bertz CT molecular complexity index is 1250. The summed E-state index contributed by atoms with van der Waals surface area (Å²) < 4.78 is 10.6. The van der Waals surface area contributed by atoms with Crippen molar-refractivity contribution in [3.63, 3.8) is 0 Å². The van der Waals surface area contributed by atoms with Crippen LogP contribution in [0.2, 0.25) is 0 Å². The lowest BCUT2D eigenvalue weighted by Gasteiger charge is -2.12. The predicted octanol–water partition coefficient (Wildman–Crippen LogP) is 5.46. The van der Waals surface area contributed by atoms with Gasteiger partial charge < -0.3 is 9.47 Å². The number of imide groups is 1. The number of thioether (sulfide) groups is 1. The van der Waals surface area contributed by atoms with Gasteiger partial charge in [0.1, 0.15) is 11.5 Å². The Kier molecular flexibility index (Phi) is 6.60. The molecule has 3 aromatic carbocycles. The fourth-order valence-electron chi connectivity index (χ4n) is 3.34. The number of benzene rings is 3. The second-order valence-corrected chi connectivity index (χ2v) is 8.44. The van der Waals surface area contributed by atoms with Crippen LogP contribution >= 0.6 is 11.8 Å². The lowest BCUT2D eigenvalue weighted by molar-refractivity contribution is -0.123. The Balaban J connectivity index is 1.47. The van der Waals surface area contributed by atoms with Crippen molar-refractivity contribution in [1.29, 1.82) is 0 Å². The molecule has 1 aliphatic heterocycles. The van der Waals surface area contributed by atoms with Gasteiger partial charge >= 0.3 is 5.97 Å². The average Bonchev–Trinajstić information content (AvgIpc) is 3.06. The van der Waals surface area contributed by atoms with E-state index in [1.165, 1.54) is 4.90 Å². The molecule has 0 unspecified atom stereocenters. The van der Waals surface area contributed by atoms with Crippen molar-refractivity contribution in [1.82, 2.24) is 4.90 Å². The van der Waals surface area contributed by atoms with Crippen molar-refractivity contribution in [3.05, 3.63) is 100.0 Å². The SMILES string of the molecule is COc1ccc(C(=O)Oc2cccc(/C=C3\SC(=O)N(Cc4cccc(C)c4)C3=O)c2)cc1. The molecule has 0 bridgehead atoms. The number of esters is 1. The van der Waals surface area contributed by atoms with Gasteiger partial charge in [0.05, 0.1) is 24.1 Å². The zero-order valence-electron chi connectivity index (χ0n) is 18.1. The van der Waals surface area contributed by atoms with Gasteiger partial charge in [0, 0.05) is 0 Å². The first kappa shape index (κ1) is 22.4. The van der Waals surface area contributed by atoms with Crippen molar-refractivity contribution in [2.24, 2.45) is 0 Å². The number of nitrogens with zero attached hydrogens (tertiary/aromatic N) is 1. The van der Waals surface area contributed by atoms with Gasteiger partial charge in [-0.2, -0.15) is 0 Å². The Morgan fingerprint density at radius 3 is 2.45 bits per heavy atom. The summed E-state index contributed by atoms with van der Waals surface area (Å²) in [4.78, 5) is 39.2. The van der Waals surface area contributed by atoms with Gasteiger partial charge in [-0.05, 0) is 72.3 Å². The molecular weight excluding hydrogens is 438 g/mol. The summed E-state index contributed by atoms with van der Waals surface area (Å²) in [6, 6.07) is 21.1. The summed E-state index contributed by atoms with van der Waals surface area (Å²) in [5, 5.41) is -0.310. The first-order valence-corrected chi connectivity index (χ1v) is 11.0. The number of amides is 2. The Labute approximate surface area is 195 Å². The maximum atomic E-state index is 12.8. The lowest BCUT2D eigenvalue weighted by Crippen LogP contribution is -2.27. The minimum Gasteiger partial charge on any atom is -0.497 e. The molecule has 3 aromatic rings. The summed E-state index contributed by atoms with van der Waals surface area (Å²) in [7, 11) is 1.55. The highest BCUT2D eigenvalue weighted by atomic mass is 32.2. The number of methoxy groups -OCH3 is 1. The van der Waals surface area contributed by atoms with Crippen molar-refractivity contribution >= 4 is 35.0 Å². The van der Waals surface area contributed by atoms with Gasteiger partial charge in [0.15, 0.2) is 0 Å². The van der Waals surface area contributed by atoms with Gasteiger partial charge in [-0.3, -0.25) is 14.5 Å². The number of hydrogen-bond donors (Lipinski definition) is 0. The van der Waals surface area contributed by atoms with E-state index in [2.05, 4.69) is 0 Å². The molecule has 0 radical (unpaired) electrons. The van der Waals surface area contributed by atoms with E-state index in [1.807, 2.05) is 31.2 Å². The molecule has 0 N–H and O–H groups in total. The van der Waals surface area contributed by atoms with Crippen LogP contribution in [0.5, 0.6) is 11.5 Å². The zero-order valence-corrected chi connectivity index (χ0v) is 18.9. The quantitative estimate of drug-likeness (QED) is 0.277. The predicted molar refractivity (Wildman–Crippen MR) is 127 cm³/mol. The smallest absolute Gasteiger partial charge is 0.343 e. The van der Waals surface area contributed by atoms with Crippen LogP contribution < -0.4 is 9.47 Å². The van der Waals surface area contributed by atoms with Crippen molar-refractivity contribution in [2.45, 2.75) is 13.5 Å². The monoisotopic (exact) mass is 459 g/mol. The molecule has 1 aliphatic rings. The third-order valence-electron chi connectivity index (χ3n) is 4.99. The van der Waals surface area contributed by atoms with Gasteiger partial charge in [-0.15, -0.1) is 0 Å². The summed E-state index contributed by atoms with van der Waals surface area (Å²) >= 11 is 0.899. The summed E-state index contributed by atoms with van der Waals surface area (Å²) in [6.07, 6.45) is 1.63. The van der Waals surface area contributed by atoms with E-state index < -0.39 is 5.97 Å². The first-order valence-electron chi connectivity index (χ1n) is 10.2. The van der Waals surface area contributed by atoms with Crippen molar-refractivity contribution < 1.29 is 23.9 Å². The van der Waals surface area contributed by atoms with Crippen LogP contribution in [0.4, 0.5) is 4.79 Å². The van der Waals surface area contributed by atoms with E-state index in [1.54, 1.807) is 61.7 Å². The van der Waals surface area contributed by atoms with Gasteiger partial charge in [-0.1, -0.05) is 42.0 Å². The molecule has 7 heteroatoms. The maximum absolute atomic E-state index is 12.8. The van der Waals surface area contributed by atoms with Crippen LogP contribution in [-0.2, 0) is 11.3 Å². The minimum atomic E-state index is -0.506. The van der Waals surface area contributed by atoms with Crippen LogP contribution in [0.3, 0.4) is 0 Å². The van der Waals surface area contributed by atoms with E-state index in [9.17, 15) is 14.4 Å². The molecule has 6 nitrogen and oxygen atoms in total. The molecule has 0 aliphatic carbocycles. The highest BCUT2D eigenvalue weighted by Gasteiger charge is 2.35. The summed E-state index contributed by atoms with van der Waals surface area (Å²) in [6.45, 7) is 2.19. The van der Waals surface area contributed by atoms with Crippen molar-refractivity contribution in [3.8, 4) is 11.5 Å². The molecule has 0 aromatic heterocycles. The molecule has 1 heterocycles. The summed E-state index contributed by atoms with van der Waals surface area (Å²) in [5.74, 6) is 0.133. The molecule has 2 amide bonds. The maximum Gasteiger partial charge on any atom is 0.343 e. The van der Waals surface area contributed by atoms with Crippen LogP contribution in [-0.4, -0.2) is 29.1 Å². The van der Waals surface area contributed by atoms with Gasteiger partial charge in [0.25, 0.3) is 11.1 Å². The zero-order chi connectivity index (χ0) is 23.4. The number of carbonyl (C=O) groups excluding carboxylic acids is 3. The van der Waals surface area contributed by atoms with Crippen LogP contribution in [0.15, 0.2) is 77.7 Å². The largest absolute Gasteiger partial charge is 0.497 e. The molecule has 33 heavy (non-hydrogen) atoms. The molecule has 1 saturated heterocycles. The fraction of sp³-hybridized carbons (Fsp3) is 0.115. The molecule has 0 atom stereocenters. The van der Waals surface area contributed by atoms with Gasteiger partial charge in [-0.25, -0.2) is 4.79 Å². The fourth-order valence-corrected chi connectivity index (χ4v) is 4.18. The standard InChI is InChI=1S/C26H21NO5S/c1-17-5-3-7-19(13-17)16-27-24(28)23(33-26(27)30)15-18-6-4-8-22(14-18)32-25(29)20-9-11-21(31-2)12-10-20/h3-15H,16H2,1-2H3/b23-15-. The number of hydrogen-bond acceptors (Lipinski definition) is 6. The third kappa shape index (κ3) is 5.32. The number of rotatable bonds is 6. The van der Waals surface area contributed by atoms with E-state index in [0.717, 1.165) is 22.9 Å². The first-order chi connectivity index (χ1) is 15.9. The van der Waals surface area contributed by atoms with E-state index >= 15 is 0 Å². The highest BCUT2D eigenvalue weighted by molar-refractivity contribution is 8.18. The van der Waals surface area contributed by atoms with E-state index in [-0.39, 0.29) is 17.7 Å². The van der Waals surface area contributed by atoms with Crippen LogP contribution in [0.1, 0.15) is 27.0 Å². The average molecular weight is 460 g/mol. The molecule has 0 spiro atoms. The van der Waals surface area contributed by atoms with E-state index in [0.29, 0.717) is 27.5 Å². The minimum absolute atomic E-state index is 0.225. The normalized spacial score (nSPS) is 14.6. The van der Waals surface area contributed by atoms with Crippen LogP contribution in [0, 0.1) is 6.92 Å². The van der Waals surface area contributed by atoms with Gasteiger partial charge in [0.2, 0.25) is 0 Å². The highest BCUT2D eigenvalue weighted by Crippen LogP contribution is 2.33. The molecular formula is C26H21NO5S. The number of aryl methyl sites for hydroxylation is 1. The molecule has 0 saturated carbocycles. The molecule has 4 rings (SSSR count). The van der Waals surface area contributed by atoms with Crippen molar-refractivity contribution in [2.75, 3.05) is 7.11 Å². The number of ether oxygens (including phenoxy) is 2. The Hall–Kier alpha value is -3.84. The molecule has 166 valence electrons. The Morgan fingerprint density at radius 1 is 0.970 bits per heavy atom. The molecule has 1 fully saturated rings. The summed E-state index contributed by atoms with van der Waals surface area (Å²) in [5.41, 5.74) is 3.00. The second kappa shape index (κ2) is 9.75. The lowest BCUT2D eigenvalue weighted by atomic mass is 10.1. The van der Waals surface area contributed by atoms with Crippen LogP contribution in [0.25, 0.3) is 6.08 Å². The topological polar surface area (TPSA) is 72.9 Å². The second-order valence-electron chi connectivity index (χ2n) is 7.45. The van der Waals surface area contributed by atoms with E-state index in [4.69, 9.17) is 9.47 Å². The number of carbonyl (C=O) groups is 3.